The van der Waals surface area contributed by atoms with E-state index in [1.165, 1.54) is 17.1 Å². The Bertz CT molecular complexity index is 1070. The summed E-state index contributed by atoms with van der Waals surface area (Å²) in [7, 11) is 0. The molecular weight excluding hydrogens is 417 g/mol. The number of primary amides is 1. The number of halogens is 1. The van der Waals surface area contributed by atoms with Crippen molar-refractivity contribution in [3.05, 3.63) is 42.1 Å². The Kier molecular flexibility index (Phi) is 7.15. The van der Waals surface area contributed by atoms with E-state index in [0.29, 0.717) is 30.3 Å². The smallest absolute Gasteiger partial charge is 0.252 e. The highest BCUT2D eigenvalue weighted by Crippen LogP contribution is 2.28. The van der Waals surface area contributed by atoms with Crippen LogP contribution < -0.4 is 26.8 Å². The monoisotopic (exact) mass is 443 g/mol. The first-order chi connectivity index (χ1) is 15.3. The van der Waals surface area contributed by atoms with Gasteiger partial charge in [-0.1, -0.05) is 12.1 Å². The molecule has 0 bridgehead atoms. The van der Waals surface area contributed by atoms with Crippen molar-refractivity contribution in [2.75, 3.05) is 17.2 Å². The first-order valence-corrected chi connectivity index (χ1v) is 10.1. The summed E-state index contributed by atoms with van der Waals surface area (Å²) >= 11 is 0. The van der Waals surface area contributed by atoms with Crippen molar-refractivity contribution in [2.45, 2.75) is 39.3 Å². The van der Waals surface area contributed by atoms with Crippen molar-refractivity contribution >= 4 is 23.2 Å². The third kappa shape index (κ3) is 5.09. The van der Waals surface area contributed by atoms with E-state index in [-0.39, 0.29) is 29.3 Å². The summed E-state index contributed by atoms with van der Waals surface area (Å²) in [6, 6.07) is 2.27. The fourth-order valence-corrected chi connectivity index (χ4v) is 3.05. The Morgan fingerprint density at radius 1 is 1.31 bits per heavy atom. The quantitative estimate of drug-likeness (QED) is 0.367. The van der Waals surface area contributed by atoms with Gasteiger partial charge in [0.25, 0.3) is 5.91 Å². The highest BCUT2D eigenvalue weighted by atomic mass is 19.1. The molecule has 0 saturated carbocycles. The molecule has 3 aromatic heterocycles. The summed E-state index contributed by atoms with van der Waals surface area (Å²) in [4.78, 5) is 20.5. The predicted octanol–water partition coefficient (Wildman–Crippen LogP) is 1.98. The minimum absolute atomic E-state index is 0.0444. The molecule has 32 heavy (non-hydrogen) atoms. The molecule has 0 unspecified atom stereocenters. The second-order valence-electron chi connectivity index (χ2n) is 7.05. The zero-order valence-corrected chi connectivity index (χ0v) is 18.0. The topological polar surface area (TPSA) is 159 Å². The van der Waals surface area contributed by atoms with Crippen LogP contribution in [0, 0.1) is 5.82 Å². The molecule has 0 radical (unpaired) electrons. The van der Waals surface area contributed by atoms with Gasteiger partial charge in [-0.3, -0.25) is 4.79 Å². The molecule has 6 N–H and O–H groups in total. The molecule has 2 atom stereocenters. The average Bonchev–Trinajstić information content (AvgIpc) is 3.29. The van der Waals surface area contributed by atoms with Gasteiger partial charge in [-0.25, -0.2) is 19.0 Å². The highest BCUT2D eigenvalue weighted by Gasteiger charge is 2.20. The molecule has 0 aliphatic heterocycles. The molecule has 0 aliphatic rings. The Balaban J connectivity index is 2.01. The van der Waals surface area contributed by atoms with Crippen LogP contribution in [0.4, 0.5) is 21.7 Å². The number of nitrogens with one attached hydrogen (secondary N) is 2. The van der Waals surface area contributed by atoms with Crippen LogP contribution in [0.2, 0.25) is 0 Å². The lowest BCUT2D eigenvalue weighted by Crippen LogP contribution is -2.38. The van der Waals surface area contributed by atoms with Crippen LogP contribution in [0.15, 0.2) is 30.7 Å². The van der Waals surface area contributed by atoms with E-state index in [0.717, 1.165) is 6.07 Å². The third-order valence-corrected chi connectivity index (χ3v) is 4.68. The van der Waals surface area contributed by atoms with E-state index < -0.39 is 11.7 Å². The zero-order chi connectivity index (χ0) is 23.3. The van der Waals surface area contributed by atoms with E-state index in [1.807, 2.05) is 20.8 Å². The molecule has 0 spiro atoms. The summed E-state index contributed by atoms with van der Waals surface area (Å²) in [6.45, 7) is 5.97. The Hall–Kier alpha value is -3.80. The van der Waals surface area contributed by atoms with E-state index >= 15 is 0 Å². The van der Waals surface area contributed by atoms with Crippen molar-refractivity contribution in [3.63, 3.8) is 0 Å². The van der Waals surface area contributed by atoms with Gasteiger partial charge in [0.15, 0.2) is 11.6 Å². The SMILES string of the molecule is CCOc1ncc(Nc2nc(N[C@H](CC)[C@H](C)N)c(F)cc2C(N)=O)cc1-n1ccnn1. The molecule has 0 saturated heterocycles. The Morgan fingerprint density at radius 2 is 2.09 bits per heavy atom. The second-order valence-corrected chi connectivity index (χ2v) is 7.05. The highest BCUT2D eigenvalue weighted by molar-refractivity contribution is 5.98. The number of hydrogen-bond acceptors (Lipinski definition) is 9. The van der Waals surface area contributed by atoms with Gasteiger partial charge in [-0.15, -0.1) is 5.10 Å². The zero-order valence-electron chi connectivity index (χ0n) is 18.0. The molecule has 3 aromatic rings. The van der Waals surface area contributed by atoms with E-state index in [4.69, 9.17) is 16.2 Å². The molecule has 0 aliphatic carbocycles. The van der Waals surface area contributed by atoms with Gasteiger partial charge in [-0.05, 0) is 32.4 Å². The van der Waals surface area contributed by atoms with Crippen LogP contribution in [0.3, 0.4) is 0 Å². The number of hydrogen-bond donors (Lipinski definition) is 4. The van der Waals surface area contributed by atoms with Crippen LogP contribution in [0.1, 0.15) is 37.6 Å². The number of rotatable bonds is 10. The molecule has 12 heteroatoms. The van der Waals surface area contributed by atoms with Gasteiger partial charge in [0.2, 0.25) is 5.88 Å². The average molecular weight is 443 g/mol. The minimum Gasteiger partial charge on any atom is -0.476 e. The maximum atomic E-state index is 14.6. The Morgan fingerprint density at radius 3 is 2.69 bits per heavy atom. The molecule has 0 fully saturated rings. The Labute approximate surface area is 184 Å². The number of nitrogens with zero attached hydrogens (tertiary/aromatic N) is 5. The van der Waals surface area contributed by atoms with E-state index in [2.05, 4.69) is 30.9 Å². The fourth-order valence-electron chi connectivity index (χ4n) is 3.05. The van der Waals surface area contributed by atoms with Gasteiger partial charge in [-0.2, -0.15) is 0 Å². The van der Waals surface area contributed by atoms with Crippen molar-refractivity contribution in [2.24, 2.45) is 11.5 Å². The summed E-state index contributed by atoms with van der Waals surface area (Å²) in [5.41, 5.74) is 12.2. The summed E-state index contributed by atoms with van der Waals surface area (Å²) < 4.78 is 21.7. The van der Waals surface area contributed by atoms with Crippen molar-refractivity contribution in [3.8, 4) is 11.6 Å². The van der Waals surface area contributed by atoms with Crippen molar-refractivity contribution in [1.82, 2.24) is 25.0 Å². The summed E-state index contributed by atoms with van der Waals surface area (Å²) in [6.07, 6.45) is 5.30. The van der Waals surface area contributed by atoms with E-state index in [1.54, 1.807) is 12.3 Å². The van der Waals surface area contributed by atoms with Gasteiger partial charge >= 0.3 is 0 Å². The van der Waals surface area contributed by atoms with Gasteiger partial charge in [0.05, 0.1) is 36.4 Å². The number of pyridine rings is 2. The molecule has 11 nitrogen and oxygen atoms in total. The first kappa shape index (κ1) is 22.9. The van der Waals surface area contributed by atoms with Crippen LogP contribution in [-0.2, 0) is 0 Å². The number of nitrogens with two attached hydrogens (primary N) is 2. The molecule has 170 valence electrons. The molecule has 1 amide bonds. The lowest BCUT2D eigenvalue weighted by atomic mass is 10.1. The van der Waals surface area contributed by atoms with E-state index in [9.17, 15) is 9.18 Å². The second kappa shape index (κ2) is 10.0. The number of ether oxygens (including phenoxy) is 1. The van der Waals surface area contributed by atoms with Crippen molar-refractivity contribution in [1.29, 1.82) is 0 Å². The number of carbonyl (C=O) groups is 1. The third-order valence-electron chi connectivity index (χ3n) is 4.68. The number of anilines is 3. The predicted molar refractivity (Wildman–Crippen MR) is 118 cm³/mol. The number of amides is 1. The maximum Gasteiger partial charge on any atom is 0.252 e. The molecular formula is C20H26FN9O2. The van der Waals surface area contributed by atoms with Crippen LogP contribution >= 0.6 is 0 Å². The van der Waals surface area contributed by atoms with Crippen LogP contribution in [-0.4, -0.2) is 49.6 Å². The number of aromatic nitrogens is 5. The van der Waals surface area contributed by atoms with Crippen LogP contribution in [0.5, 0.6) is 5.88 Å². The molecule has 3 rings (SSSR count). The minimum atomic E-state index is -0.833. The summed E-state index contributed by atoms with van der Waals surface area (Å²) in [5, 5.41) is 13.7. The summed E-state index contributed by atoms with van der Waals surface area (Å²) in [5.74, 6) is -1.18. The standard InChI is InChI=1S/C20H26FN9O2/c1-4-15(11(3)22)27-19-14(21)9-13(17(23)31)18(28-19)26-12-8-16(30-7-6-25-29-30)20(24-10-12)32-5-2/h6-11,15H,4-5,22H2,1-3H3,(H2,23,31)(H2,26,27,28)/t11-,15+/m0/s1. The fraction of sp³-hybridized carbons (Fsp3) is 0.350. The maximum absolute atomic E-state index is 14.6. The first-order valence-electron chi connectivity index (χ1n) is 10.1. The lowest BCUT2D eigenvalue weighted by Gasteiger charge is -2.22. The largest absolute Gasteiger partial charge is 0.476 e. The van der Waals surface area contributed by atoms with Crippen molar-refractivity contribution < 1.29 is 13.9 Å². The normalized spacial score (nSPS) is 12.8. The number of carbonyl (C=O) groups excluding carboxylic acids is 1. The molecule has 3 heterocycles. The molecule has 0 aromatic carbocycles. The van der Waals surface area contributed by atoms with Crippen LogP contribution in [0.25, 0.3) is 5.69 Å². The van der Waals surface area contributed by atoms with Gasteiger partial charge in [0.1, 0.15) is 11.5 Å². The van der Waals surface area contributed by atoms with Gasteiger partial charge in [0, 0.05) is 12.1 Å². The van der Waals surface area contributed by atoms with Gasteiger partial charge < -0.3 is 26.8 Å². The lowest BCUT2D eigenvalue weighted by molar-refractivity contribution is 0.100.